The molecule has 0 aliphatic carbocycles. The van der Waals surface area contributed by atoms with Crippen LogP contribution in [0.25, 0.3) is 0 Å². The van der Waals surface area contributed by atoms with Crippen LogP contribution < -0.4 is 16.0 Å². The van der Waals surface area contributed by atoms with Crippen LogP contribution in [0.4, 0.5) is 15.8 Å². The molecule has 3 N–H and O–H groups in total. The van der Waals surface area contributed by atoms with Gasteiger partial charge >= 0.3 is 0 Å². The van der Waals surface area contributed by atoms with Crippen molar-refractivity contribution in [1.82, 2.24) is 0 Å². The molecule has 0 bridgehead atoms. The molecule has 1 fully saturated rings. The summed E-state index contributed by atoms with van der Waals surface area (Å²) in [6.07, 6.45) is 1.11. The number of benzene rings is 2. The second-order valence-corrected chi connectivity index (χ2v) is 7.14. The fourth-order valence-electron chi connectivity index (χ4n) is 3.20. The Morgan fingerprint density at radius 2 is 1.93 bits per heavy atom. The maximum Gasteiger partial charge on any atom is 0.193 e. The van der Waals surface area contributed by atoms with Crippen LogP contribution in [0.1, 0.15) is 37.3 Å². The number of hydrogen-bond donors (Lipinski definition) is 2. The van der Waals surface area contributed by atoms with Gasteiger partial charge in [-0.1, -0.05) is 32.0 Å². The van der Waals surface area contributed by atoms with Crippen LogP contribution in [0.3, 0.4) is 0 Å². The second kappa shape index (κ2) is 9.55. The van der Waals surface area contributed by atoms with E-state index in [-0.39, 0.29) is 5.82 Å². The molecule has 2 aromatic rings. The Morgan fingerprint density at radius 3 is 2.57 bits per heavy atom. The van der Waals surface area contributed by atoms with Crippen LogP contribution >= 0.6 is 0 Å². The van der Waals surface area contributed by atoms with Crippen molar-refractivity contribution in [1.29, 1.82) is 0 Å². The zero-order chi connectivity index (χ0) is 19.9. The Balaban J connectivity index is 1.59. The van der Waals surface area contributed by atoms with E-state index in [1.165, 1.54) is 11.6 Å². The Bertz CT molecular complexity index is 801. The highest BCUT2D eigenvalue weighted by atomic mass is 19.1. The number of halogens is 1. The van der Waals surface area contributed by atoms with Crippen LogP contribution in [0.5, 0.6) is 0 Å². The molecule has 5 nitrogen and oxygen atoms in total. The number of hydrogen-bond acceptors (Lipinski definition) is 3. The molecule has 1 aliphatic heterocycles. The lowest BCUT2D eigenvalue weighted by molar-refractivity contribution is 0.122. The van der Waals surface area contributed by atoms with Crippen LogP contribution in [-0.4, -0.2) is 32.3 Å². The van der Waals surface area contributed by atoms with Crippen molar-refractivity contribution in [2.45, 2.75) is 32.7 Å². The lowest BCUT2D eigenvalue weighted by Crippen LogP contribution is -2.36. The summed E-state index contributed by atoms with van der Waals surface area (Å²) in [5, 5.41) is 3.09. The largest absolute Gasteiger partial charge is 0.378 e. The molecule has 1 atom stereocenters. The fourth-order valence-corrected chi connectivity index (χ4v) is 3.20. The van der Waals surface area contributed by atoms with Gasteiger partial charge in [0.25, 0.3) is 0 Å². The highest BCUT2D eigenvalue weighted by Crippen LogP contribution is 2.22. The first-order chi connectivity index (χ1) is 13.6. The number of aliphatic imine (C=N–C) groups is 1. The van der Waals surface area contributed by atoms with E-state index in [0.717, 1.165) is 17.7 Å². The molecule has 1 heterocycles. The Labute approximate surface area is 166 Å². The van der Waals surface area contributed by atoms with E-state index < -0.39 is 0 Å². The van der Waals surface area contributed by atoms with Gasteiger partial charge in [-0.15, -0.1) is 0 Å². The zero-order valence-electron chi connectivity index (χ0n) is 16.6. The normalized spacial score (nSPS) is 16.1. The maximum absolute atomic E-state index is 14.5. The van der Waals surface area contributed by atoms with E-state index in [1.807, 2.05) is 29.2 Å². The highest BCUT2D eigenvalue weighted by Gasteiger charge is 2.15. The number of morpholine rings is 1. The molecule has 0 aromatic heterocycles. The molecule has 3 rings (SSSR count). The molecule has 1 saturated heterocycles. The summed E-state index contributed by atoms with van der Waals surface area (Å²) in [7, 11) is 0. The second-order valence-electron chi connectivity index (χ2n) is 7.14. The highest BCUT2D eigenvalue weighted by molar-refractivity contribution is 5.92. The van der Waals surface area contributed by atoms with E-state index in [0.29, 0.717) is 50.4 Å². The van der Waals surface area contributed by atoms with Crippen molar-refractivity contribution < 1.29 is 9.13 Å². The molecule has 1 unspecified atom stereocenters. The summed E-state index contributed by atoms with van der Waals surface area (Å²) in [6, 6.07) is 13.4. The minimum Gasteiger partial charge on any atom is -0.378 e. The van der Waals surface area contributed by atoms with Gasteiger partial charge in [-0.25, -0.2) is 9.38 Å². The van der Waals surface area contributed by atoms with Gasteiger partial charge < -0.3 is 20.7 Å². The number of rotatable bonds is 6. The van der Waals surface area contributed by atoms with Crippen LogP contribution in [0.2, 0.25) is 0 Å². The molecule has 2 aromatic carbocycles. The quantitative estimate of drug-likeness (QED) is 0.581. The van der Waals surface area contributed by atoms with Crippen molar-refractivity contribution in [2.24, 2.45) is 10.7 Å². The third kappa shape index (κ3) is 5.23. The van der Waals surface area contributed by atoms with Crippen molar-refractivity contribution in [3.8, 4) is 0 Å². The smallest absolute Gasteiger partial charge is 0.193 e. The topological polar surface area (TPSA) is 62.9 Å². The molecule has 0 spiro atoms. The lowest BCUT2D eigenvalue weighted by Gasteiger charge is -2.29. The fraction of sp³-hybridized carbons (Fsp3) is 0.409. The van der Waals surface area contributed by atoms with Crippen LogP contribution in [-0.2, 0) is 11.3 Å². The minimum atomic E-state index is -0.234. The molecule has 0 amide bonds. The Morgan fingerprint density at radius 1 is 1.21 bits per heavy atom. The first-order valence-corrected chi connectivity index (χ1v) is 9.85. The summed E-state index contributed by atoms with van der Waals surface area (Å²) in [4.78, 5) is 6.33. The number of nitrogens with two attached hydrogens (primary N) is 1. The molecule has 150 valence electrons. The number of nitrogens with one attached hydrogen (secondary N) is 1. The maximum atomic E-state index is 14.5. The first kappa shape index (κ1) is 20.1. The summed E-state index contributed by atoms with van der Waals surface area (Å²) in [5.74, 6) is 0.617. The van der Waals surface area contributed by atoms with Gasteiger partial charge in [0.2, 0.25) is 0 Å². The molecule has 28 heavy (non-hydrogen) atoms. The monoisotopic (exact) mass is 384 g/mol. The van der Waals surface area contributed by atoms with Gasteiger partial charge in [-0.3, -0.25) is 0 Å². The van der Waals surface area contributed by atoms with Crippen molar-refractivity contribution in [3.63, 3.8) is 0 Å². The van der Waals surface area contributed by atoms with Crippen molar-refractivity contribution in [2.75, 3.05) is 36.5 Å². The molecule has 0 saturated carbocycles. The SMILES string of the molecule is CCC(C)c1ccc(NC(N)=NCc2ccc(N3CCOCC3)c(F)c2)cc1. The van der Waals surface area contributed by atoms with Crippen molar-refractivity contribution >= 4 is 17.3 Å². The minimum absolute atomic E-state index is 0.234. The summed E-state index contributed by atoms with van der Waals surface area (Å²) in [5.41, 5.74) is 9.58. The number of nitrogens with zero attached hydrogens (tertiary/aromatic N) is 2. The predicted octanol–water partition coefficient (Wildman–Crippen LogP) is 4.10. The van der Waals surface area contributed by atoms with Crippen LogP contribution in [0, 0.1) is 5.82 Å². The van der Waals surface area contributed by atoms with E-state index in [2.05, 4.69) is 36.3 Å². The molecule has 6 heteroatoms. The third-order valence-electron chi connectivity index (χ3n) is 5.16. The van der Waals surface area contributed by atoms with Crippen LogP contribution in [0.15, 0.2) is 47.5 Å². The number of anilines is 2. The first-order valence-electron chi connectivity index (χ1n) is 9.85. The molecular weight excluding hydrogens is 355 g/mol. The van der Waals surface area contributed by atoms with E-state index in [9.17, 15) is 4.39 Å². The molecule has 1 aliphatic rings. The molecule has 0 radical (unpaired) electrons. The standard InChI is InChI=1S/C22H29FN4O/c1-3-16(2)18-5-7-19(8-6-18)26-22(24)25-15-17-4-9-21(20(23)14-17)27-10-12-28-13-11-27/h4-9,14,16H,3,10-13,15H2,1-2H3,(H3,24,25,26). The average molecular weight is 384 g/mol. The summed E-state index contributed by atoms with van der Waals surface area (Å²) in [6.45, 7) is 7.39. The average Bonchev–Trinajstić information content (AvgIpc) is 2.73. The third-order valence-corrected chi connectivity index (χ3v) is 5.16. The Hall–Kier alpha value is -2.60. The predicted molar refractivity (Wildman–Crippen MR) is 114 cm³/mol. The van der Waals surface area contributed by atoms with Gasteiger partial charge in [-0.2, -0.15) is 0 Å². The van der Waals surface area contributed by atoms with Gasteiger partial charge in [0, 0.05) is 18.8 Å². The Kier molecular flexibility index (Phi) is 6.87. The van der Waals surface area contributed by atoms with Gasteiger partial charge in [0.15, 0.2) is 5.96 Å². The van der Waals surface area contributed by atoms with Gasteiger partial charge in [-0.05, 0) is 47.7 Å². The lowest BCUT2D eigenvalue weighted by atomic mass is 9.99. The van der Waals surface area contributed by atoms with E-state index in [1.54, 1.807) is 0 Å². The molecular formula is C22H29FN4O. The summed E-state index contributed by atoms with van der Waals surface area (Å²) < 4.78 is 19.8. The summed E-state index contributed by atoms with van der Waals surface area (Å²) >= 11 is 0. The zero-order valence-corrected chi connectivity index (χ0v) is 16.6. The van der Waals surface area contributed by atoms with E-state index in [4.69, 9.17) is 10.5 Å². The van der Waals surface area contributed by atoms with Crippen molar-refractivity contribution in [3.05, 3.63) is 59.4 Å². The van der Waals surface area contributed by atoms with Gasteiger partial charge in [0.1, 0.15) is 5.82 Å². The van der Waals surface area contributed by atoms with Gasteiger partial charge in [0.05, 0.1) is 25.4 Å². The van der Waals surface area contributed by atoms with E-state index >= 15 is 0 Å². The number of ether oxygens (including phenoxy) is 1. The number of guanidine groups is 1.